The molecule has 1 aromatic heterocycles. The number of nitrogens with zero attached hydrogens (tertiary/aromatic N) is 3. The quantitative estimate of drug-likeness (QED) is 0.496. The van der Waals surface area contributed by atoms with Gasteiger partial charge < -0.3 is 10.3 Å². The van der Waals surface area contributed by atoms with Crippen LogP contribution >= 0.6 is 0 Å². The largest absolute Gasteiger partial charge is 0.393 e. The molecule has 2 aromatic rings. The minimum Gasteiger partial charge on any atom is -0.393 e. The first-order chi connectivity index (χ1) is 8.68. The Balaban J connectivity index is 2.14. The fourth-order valence-electron chi connectivity index (χ4n) is 2.60. The zero-order chi connectivity index (χ0) is 12.7. The van der Waals surface area contributed by atoms with Gasteiger partial charge in [-0.05, 0) is 25.0 Å². The minimum absolute atomic E-state index is 0.0176. The number of nitro benzene ring substituents is 1. The van der Waals surface area contributed by atoms with Crippen LogP contribution in [0, 0.1) is 10.1 Å². The van der Waals surface area contributed by atoms with Crippen LogP contribution in [0.4, 0.5) is 11.4 Å². The van der Waals surface area contributed by atoms with Crippen molar-refractivity contribution in [1.29, 1.82) is 0 Å². The summed E-state index contributed by atoms with van der Waals surface area (Å²) >= 11 is 0. The molecule has 0 amide bonds. The molecule has 18 heavy (non-hydrogen) atoms. The van der Waals surface area contributed by atoms with Gasteiger partial charge in [-0.15, -0.1) is 0 Å². The van der Waals surface area contributed by atoms with Crippen LogP contribution in [-0.2, 0) is 6.42 Å². The summed E-state index contributed by atoms with van der Waals surface area (Å²) in [5.74, 6) is 0. The van der Waals surface area contributed by atoms with Crippen molar-refractivity contribution in [2.45, 2.75) is 18.9 Å². The Labute approximate surface area is 103 Å². The van der Waals surface area contributed by atoms with Crippen LogP contribution in [0.1, 0.15) is 23.7 Å². The van der Waals surface area contributed by atoms with Crippen LogP contribution in [0.5, 0.6) is 0 Å². The zero-order valence-corrected chi connectivity index (χ0v) is 9.61. The Morgan fingerprint density at radius 1 is 1.50 bits per heavy atom. The van der Waals surface area contributed by atoms with Gasteiger partial charge in [0.05, 0.1) is 22.9 Å². The topological polar surface area (TPSA) is 87.0 Å². The van der Waals surface area contributed by atoms with Gasteiger partial charge in [0.15, 0.2) is 0 Å². The fraction of sp³-hybridized carbons (Fsp3) is 0.250. The highest BCUT2D eigenvalue weighted by atomic mass is 16.6. The average Bonchev–Trinajstić information content (AvgIpc) is 2.89. The molecule has 1 atom stereocenters. The van der Waals surface area contributed by atoms with E-state index in [1.165, 1.54) is 0 Å². The fourth-order valence-corrected chi connectivity index (χ4v) is 2.60. The molecular formula is C12H12N4O2. The molecule has 0 aliphatic carbocycles. The summed E-state index contributed by atoms with van der Waals surface area (Å²) in [5, 5.41) is 11.2. The molecule has 3 rings (SSSR count). The van der Waals surface area contributed by atoms with Crippen LogP contribution in [0.15, 0.2) is 30.7 Å². The summed E-state index contributed by atoms with van der Waals surface area (Å²) in [4.78, 5) is 14.8. The molecule has 0 saturated heterocycles. The van der Waals surface area contributed by atoms with Crippen LogP contribution in [-0.4, -0.2) is 14.5 Å². The Morgan fingerprint density at radius 2 is 2.33 bits per heavy atom. The number of imidazole rings is 1. The number of nitrogens with two attached hydrogens (primary N) is 1. The number of anilines is 1. The van der Waals surface area contributed by atoms with Gasteiger partial charge in [0.1, 0.15) is 5.69 Å². The van der Waals surface area contributed by atoms with Crippen molar-refractivity contribution in [2.75, 3.05) is 5.73 Å². The smallest absolute Gasteiger partial charge is 0.297 e. The van der Waals surface area contributed by atoms with Crippen molar-refractivity contribution in [3.05, 3.63) is 52.1 Å². The second-order valence-electron chi connectivity index (χ2n) is 4.39. The van der Waals surface area contributed by atoms with Gasteiger partial charge in [-0.25, -0.2) is 4.98 Å². The number of nitro groups is 1. The van der Waals surface area contributed by atoms with Crippen LogP contribution in [0.3, 0.4) is 0 Å². The number of aryl methyl sites for hydroxylation is 1. The SMILES string of the molecule is Nc1cccc(C2CCc3cncn32)c1[N+](=O)[O-]. The van der Waals surface area contributed by atoms with E-state index in [2.05, 4.69) is 4.98 Å². The second-order valence-corrected chi connectivity index (χ2v) is 4.39. The standard InChI is InChI=1S/C12H12N4O2/c13-10-3-1-2-9(12(10)16(17)18)11-5-4-8-6-14-7-15(8)11/h1-3,6-7,11H,4-5,13H2. The van der Waals surface area contributed by atoms with Crippen molar-refractivity contribution in [3.63, 3.8) is 0 Å². The van der Waals surface area contributed by atoms with Crippen molar-refractivity contribution in [3.8, 4) is 0 Å². The van der Waals surface area contributed by atoms with Gasteiger partial charge in [-0.3, -0.25) is 10.1 Å². The van der Waals surface area contributed by atoms with E-state index in [4.69, 9.17) is 5.73 Å². The maximum Gasteiger partial charge on any atom is 0.297 e. The van der Waals surface area contributed by atoms with Gasteiger partial charge in [-0.2, -0.15) is 0 Å². The van der Waals surface area contributed by atoms with Crippen LogP contribution in [0.25, 0.3) is 0 Å². The number of aromatic nitrogens is 2. The first-order valence-electron chi connectivity index (χ1n) is 5.72. The first-order valence-corrected chi connectivity index (χ1v) is 5.72. The van der Waals surface area contributed by atoms with Crippen molar-refractivity contribution < 1.29 is 4.92 Å². The zero-order valence-electron chi connectivity index (χ0n) is 9.61. The highest BCUT2D eigenvalue weighted by Gasteiger charge is 2.30. The Hall–Kier alpha value is -2.37. The normalized spacial score (nSPS) is 17.7. The van der Waals surface area contributed by atoms with Crippen molar-refractivity contribution >= 4 is 11.4 Å². The number of benzene rings is 1. The molecule has 0 spiro atoms. The van der Waals surface area contributed by atoms with Gasteiger partial charge in [0, 0.05) is 11.9 Å². The Bertz CT molecular complexity index is 620. The maximum atomic E-state index is 11.2. The van der Waals surface area contributed by atoms with E-state index in [1.54, 1.807) is 30.7 Å². The molecule has 1 unspecified atom stereocenters. The lowest BCUT2D eigenvalue weighted by atomic mass is 10.0. The molecule has 0 bridgehead atoms. The molecule has 2 N–H and O–H groups in total. The lowest BCUT2D eigenvalue weighted by molar-refractivity contribution is -0.384. The maximum absolute atomic E-state index is 11.2. The molecule has 0 saturated carbocycles. The number of hydrogen-bond donors (Lipinski definition) is 1. The van der Waals surface area contributed by atoms with Crippen molar-refractivity contribution in [2.24, 2.45) is 0 Å². The van der Waals surface area contributed by atoms with Gasteiger partial charge in [-0.1, -0.05) is 6.07 Å². The number of nitrogen functional groups attached to an aromatic ring is 1. The molecule has 1 aromatic carbocycles. The molecule has 0 radical (unpaired) electrons. The molecule has 0 fully saturated rings. The van der Waals surface area contributed by atoms with E-state index < -0.39 is 4.92 Å². The Morgan fingerprint density at radius 3 is 3.11 bits per heavy atom. The summed E-state index contributed by atoms with van der Waals surface area (Å²) < 4.78 is 1.99. The Kier molecular flexibility index (Phi) is 2.29. The van der Waals surface area contributed by atoms with Crippen molar-refractivity contribution in [1.82, 2.24) is 9.55 Å². The molecule has 2 heterocycles. The lowest BCUT2D eigenvalue weighted by Gasteiger charge is -2.14. The van der Waals surface area contributed by atoms with E-state index in [9.17, 15) is 10.1 Å². The van der Waals surface area contributed by atoms with Crippen LogP contribution < -0.4 is 5.73 Å². The molecule has 1 aliphatic rings. The molecule has 1 aliphatic heterocycles. The predicted molar refractivity (Wildman–Crippen MR) is 66.2 cm³/mol. The summed E-state index contributed by atoms with van der Waals surface area (Å²) in [6.07, 6.45) is 5.26. The van der Waals surface area contributed by atoms with E-state index in [1.807, 2.05) is 4.57 Å². The molecule has 6 heteroatoms. The van der Waals surface area contributed by atoms with E-state index in [-0.39, 0.29) is 17.4 Å². The summed E-state index contributed by atoms with van der Waals surface area (Å²) in [7, 11) is 0. The van der Waals surface area contributed by atoms with E-state index >= 15 is 0 Å². The van der Waals surface area contributed by atoms with Crippen LogP contribution in [0.2, 0.25) is 0 Å². The van der Waals surface area contributed by atoms with E-state index in [0.29, 0.717) is 5.56 Å². The molecule has 6 nitrogen and oxygen atoms in total. The first kappa shape index (κ1) is 10.8. The number of fused-ring (bicyclic) bond motifs is 1. The molecule has 92 valence electrons. The molecular weight excluding hydrogens is 232 g/mol. The number of rotatable bonds is 2. The lowest BCUT2D eigenvalue weighted by Crippen LogP contribution is -2.09. The third kappa shape index (κ3) is 1.46. The predicted octanol–water partition coefficient (Wildman–Crippen LogP) is 1.91. The number of hydrogen-bond acceptors (Lipinski definition) is 4. The summed E-state index contributed by atoms with van der Waals surface area (Å²) in [5.41, 5.74) is 7.72. The van der Waals surface area contributed by atoms with Gasteiger partial charge in [0.2, 0.25) is 0 Å². The highest BCUT2D eigenvalue weighted by molar-refractivity contribution is 5.63. The summed E-state index contributed by atoms with van der Waals surface area (Å²) in [6.45, 7) is 0. The van der Waals surface area contributed by atoms with Gasteiger partial charge >= 0.3 is 0 Å². The average molecular weight is 244 g/mol. The number of para-hydroxylation sites is 1. The van der Waals surface area contributed by atoms with Gasteiger partial charge in [0.25, 0.3) is 5.69 Å². The third-order valence-electron chi connectivity index (χ3n) is 3.40. The highest BCUT2D eigenvalue weighted by Crippen LogP contribution is 2.38. The van der Waals surface area contributed by atoms with E-state index in [0.717, 1.165) is 18.5 Å². The second kappa shape index (κ2) is 3.83. The monoisotopic (exact) mass is 244 g/mol. The minimum atomic E-state index is -0.403. The summed E-state index contributed by atoms with van der Waals surface area (Å²) in [6, 6.07) is 5.05. The third-order valence-corrected chi connectivity index (χ3v) is 3.40.